The van der Waals surface area contributed by atoms with Crippen LogP contribution in [0, 0.1) is 17.3 Å². The van der Waals surface area contributed by atoms with E-state index in [0.717, 1.165) is 31.6 Å². The summed E-state index contributed by atoms with van der Waals surface area (Å²) >= 11 is 6.12. The van der Waals surface area contributed by atoms with E-state index in [1.165, 1.54) is 0 Å². The van der Waals surface area contributed by atoms with Crippen LogP contribution >= 0.6 is 11.6 Å². The molecular weight excluding hydrogens is 256 g/mol. The largest absolute Gasteiger partial charge is 0.294 e. The molecule has 0 unspecified atom stereocenters. The number of carbonyl (C=O) groups excluding carboxylic acids is 1. The zero-order valence-corrected chi connectivity index (χ0v) is 12.8. The number of Topliss-reactive ketones (excluding diaryl/α,β-unsaturated/α-hetero) is 1. The molecule has 0 radical (unpaired) electrons. The Hall–Kier alpha value is -0.820. The van der Waals surface area contributed by atoms with Gasteiger partial charge in [0.15, 0.2) is 5.78 Å². The van der Waals surface area contributed by atoms with Crippen molar-refractivity contribution in [1.29, 1.82) is 0 Å². The van der Waals surface area contributed by atoms with Crippen molar-refractivity contribution in [3.05, 3.63) is 34.9 Å². The van der Waals surface area contributed by atoms with Crippen LogP contribution in [0.25, 0.3) is 0 Å². The Morgan fingerprint density at radius 3 is 2.21 bits per heavy atom. The molecule has 1 aromatic rings. The molecule has 104 valence electrons. The average molecular weight is 279 g/mol. The molecule has 1 nitrogen and oxygen atoms in total. The van der Waals surface area contributed by atoms with Gasteiger partial charge in [0.2, 0.25) is 0 Å². The number of ketones is 1. The lowest BCUT2D eigenvalue weighted by molar-refractivity contribution is 0.0819. The standard InChI is InChI=1S/C17H23ClO/c1-17(2,3)13-10-8-12(9-11-13)16(19)14-6-4-5-7-15(14)18/h4-7,12-13H,8-11H2,1-3H3. The van der Waals surface area contributed by atoms with Gasteiger partial charge in [0.1, 0.15) is 0 Å². The van der Waals surface area contributed by atoms with Crippen molar-refractivity contribution in [2.24, 2.45) is 17.3 Å². The van der Waals surface area contributed by atoms with Crippen LogP contribution in [0.1, 0.15) is 56.8 Å². The minimum Gasteiger partial charge on any atom is -0.294 e. The zero-order chi connectivity index (χ0) is 14.0. The van der Waals surface area contributed by atoms with Crippen molar-refractivity contribution >= 4 is 17.4 Å². The van der Waals surface area contributed by atoms with E-state index in [-0.39, 0.29) is 11.7 Å². The quantitative estimate of drug-likeness (QED) is 0.664. The molecule has 0 amide bonds. The third-order valence-electron chi connectivity index (χ3n) is 4.46. The summed E-state index contributed by atoms with van der Waals surface area (Å²) in [5.74, 6) is 1.14. The summed E-state index contributed by atoms with van der Waals surface area (Å²) in [5.41, 5.74) is 1.06. The van der Waals surface area contributed by atoms with Crippen molar-refractivity contribution in [1.82, 2.24) is 0 Å². The highest BCUT2D eigenvalue weighted by Crippen LogP contribution is 2.40. The fourth-order valence-corrected chi connectivity index (χ4v) is 3.33. The first-order valence-electron chi connectivity index (χ1n) is 7.18. The van der Waals surface area contributed by atoms with Gasteiger partial charge in [-0.1, -0.05) is 44.5 Å². The summed E-state index contributed by atoms with van der Waals surface area (Å²) in [7, 11) is 0. The predicted octanol–water partition coefficient (Wildman–Crippen LogP) is 5.38. The van der Waals surface area contributed by atoms with Crippen LogP contribution in [0.4, 0.5) is 0 Å². The number of hydrogen-bond acceptors (Lipinski definition) is 1. The molecule has 0 bridgehead atoms. The van der Waals surface area contributed by atoms with E-state index in [0.29, 0.717) is 16.0 Å². The zero-order valence-electron chi connectivity index (χ0n) is 12.1. The molecule has 0 N–H and O–H groups in total. The smallest absolute Gasteiger partial charge is 0.167 e. The van der Waals surface area contributed by atoms with Crippen LogP contribution in [0.2, 0.25) is 5.02 Å². The van der Waals surface area contributed by atoms with Crippen molar-refractivity contribution in [2.75, 3.05) is 0 Å². The Kier molecular flexibility index (Phi) is 4.35. The number of rotatable bonds is 2. The second-order valence-corrected chi connectivity index (χ2v) is 7.17. The van der Waals surface area contributed by atoms with Gasteiger partial charge in [0.05, 0.1) is 5.02 Å². The third-order valence-corrected chi connectivity index (χ3v) is 4.79. The molecule has 1 aliphatic rings. The molecule has 1 aliphatic carbocycles. The summed E-state index contributed by atoms with van der Waals surface area (Å²) in [4.78, 5) is 12.5. The van der Waals surface area contributed by atoms with Gasteiger partial charge in [-0.2, -0.15) is 0 Å². The van der Waals surface area contributed by atoms with Gasteiger partial charge < -0.3 is 0 Å². The summed E-state index contributed by atoms with van der Waals surface area (Å²) < 4.78 is 0. The molecule has 0 saturated heterocycles. The van der Waals surface area contributed by atoms with Gasteiger partial charge in [0, 0.05) is 11.5 Å². The van der Waals surface area contributed by atoms with Gasteiger partial charge in [-0.05, 0) is 49.1 Å². The van der Waals surface area contributed by atoms with Crippen LogP contribution in [-0.4, -0.2) is 5.78 Å². The highest BCUT2D eigenvalue weighted by Gasteiger charge is 2.32. The van der Waals surface area contributed by atoms with Crippen LogP contribution in [0.5, 0.6) is 0 Å². The fourth-order valence-electron chi connectivity index (χ4n) is 3.10. The number of halogens is 1. The number of hydrogen-bond donors (Lipinski definition) is 0. The molecule has 0 atom stereocenters. The molecule has 0 heterocycles. The SMILES string of the molecule is CC(C)(C)C1CCC(C(=O)c2ccccc2Cl)CC1. The lowest BCUT2D eigenvalue weighted by Crippen LogP contribution is -2.29. The third kappa shape index (κ3) is 3.39. The highest BCUT2D eigenvalue weighted by atomic mass is 35.5. The Morgan fingerprint density at radius 1 is 1.11 bits per heavy atom. The van der Waals surface area contributed by atoms with E-state index < -0.39 is 0 Å². The maximum Gasteiger partial charge on any atom is 0.167 e. The van der Waals surface area contributed by atoms with Gasteiger partial charge >= 0.3 is 0 Å². The highest BCUT2D eigenvalue weighted by molar-refractivity contribution is 6.34. The van der Waals surface area contributed by atoms with Crippen LogP contribution in [-0.2, 0) is 0 Å². The lowest BCUT2D eigenvalue weighted by Gasteiger charge is -2.36. The minimum atomic E-state index is 0.165. The summed E-state index contributed by atoms with van der Waals surface area (Å²) in [6, 6.07) is 7.41. The molecule has 0 spiro atoms. The number of benzene rings is 1. The molecule has 0 aliphatic heterocycles. The average Bonchev–Trinajstić information content (AvgIpc) is 2.38. The van der Waals surface area contributed by atoms with Gasteiger partial charge in [0.25, 0.3) is 0 Å². The van der Waals surface area contributed by atoms with Gasteiger partial charge in [-0.25, -0.2) is 0 Å². The molecule has 1 saturated carbocycles. The Balaban J connectivity index is 2.03. The first kappa shape index (κ1) is 14.6. The molecular formula is C17H23ClO. The van der Waals surface area contributed by atoms with Crippen molar-refractivity contribution in [2.45, 2.75) is 46.5 Å². The maximum absolute atomic E-state index is 12.5. The van der Waals surface area contributed by atoms with E-state index in [1.54, 1.807) is 6.07 Å². The van der Waals surface area contributed by atoms with Crippen LogP contribution in [0.3, 0.4) is 0 Å². The van der Waals surface area contributed by atoms with E-state index in [1.807, 2.05) is 18.2 Å². The molecule has 0 aromatic heterocycles. The van der Waals surface area contributed by atoms with E-state index in [4.69, 9.17) is 11.6 Å². The summed E-state index contributed by atoms with van der Waals surface area (Å²) in [6.07, 6.45) is 4.33. The second kappa shape index (κ2) is 5.66. The van der Waals surface area contributed by atoms with Gasteiger partial charge in [-0.15, -0.1) is 0 Å². The summed E-state index contributed by atoms with van der Waals surface area (Å²) in [6.45, 7) is 6.90. The van der Waals surface area contributed by atoms with Crippen molar-refractivity contribution < 1.29 is 4.79 Å². The van der Waals surface area contributed by atoms with Crippen molar-refractivity contribution in [3.8, 4) is 0 Å². The first-order chi connectivity index (χ1) is 8.89. The number of carbonyl (C=O) groups is 1. The van der Waals surface area contributed by atoms with Crippen LogP contribution < -0.4 is 0 Å². The summed E-state index contributed by atoms with van der Waals surface area (Å²) in [5, 5.41) is 0.588. The topological polar surface area (TPSA) is 17.1 Å². The maximum atomic E-state index is 12.5. The fraction of sp³-hybridized carbons (Fsp3) is 0.588. The molecule has 2 heteroatoms. The van der Waals surface area contributed by atoms with Crippen LogP contribution in [0.15, 0.2) is 24.3 Å². The van der Waals surface area contributed by atoms with E-state index in [9.17, 15) is 4.79 Å². The normalized spacial score (nSPS) is 24.2. The first-order valence-corrected chi connectivity index (χ1v) is 7.56. The Labute approximate surface area is 121 Å². The molecule has 19 heavy (non-hydrogen) atoms. The Bertz CT molecular complexity index is 451. The van der Waals surface area contributed by atoms with E-state index >= 15 is 0 Å². The monoisotopic (exact) mass is 278 g/mol. The molecule has 1 aromatic carbocycles. The lowest BCUT2D eigenvalue weighted by atomic mass is 9.69. The second-order valence-electron chi connectivity index (χ2n) is 6.76. The molecule has 2 rings (SSSR count). The van der Waals surface area contributed by atoms with Crippen molar-refractivity contribution in [3.63, 3.8) is 0 Å². The predicted molar refractivity (Wildman–Crippen MR) is 80.7 cm³/mol. The van der Waals surface area contributed by atoms with Gasteiger partial charge in [-0.3, -0.25) is 4.79 Å². The molecule has 1 fully saturated rings. The van der Waals surface area contributed by atoms with E-state index in [2.05, 4.69) is 20.8 Å². The Morgan fingerprint density at radius 2 is 1.68 bits per heavy atom. The minimum absolute atomic E-state index is 0.165.